The number of hydrogen-bond donors (Lipinski definition) is 1. The highest BCUT2D eigenvalue weighted by atomic mass is 35.5. The fourth-order valence-electron chi connectivity index (χ4n) is 2.13. The summed E-state index contributed by atoms with van der Waals surface area (Å²) in [7, 11) is 0. The largest absolute Gasteiger partial charge is 0.465 e. The first-order valence-electron chi connectivity index (χ1n) is 6.95. The smallest absolute Gasteiger partial charge is 0.412 e. The van der Waals surface area contributed by atoms with E-state index in [0.717, 1.165) is 12.1 Å². The van der Waals surface area contributed by atoms with Crippen LogP contribution in [0.5, 0.6) is 0 Å². The summed E-state index contributed by atoms with van der Waals surface area (Å²) in [5, 5.41) is 9.04. The van der Waals surface area contributed by atoms with Crippen molar-refractivity contribution in [3.05, 3.63) is 65.2 Å². The van der Waals surface area contributed by atoms with Gasteiger partial charge in [-0.1, -0.05) is 6.08 Å². The van der Waals surface area contributed by atoms with Gasteiger partial charge in [0.15, 0.2) is 11.6 Å². The van der Waals surface area contributed by atoms with E-state index in [-0.39, 0.29) is 17.5 Å². The second kappa shape index (κ2) is 7.80. The van der Waals surface area contributed by atoms with E-state index < -0.39 is 41.2 Å². The summed E-state index contributed by atoms with van der Waals surface area (Å²) in [6.07, 6.45) is 0.651. The molecule has 0 radical (unpaired) electrons. The van der Waals surface area contributed by atoms with E-state index in [1.165, 1.54) is 18.3 Å². The fourth-order valence-corrected chi connectivity index (χ4v) is 2.30. The van der Waals surface area contributed by atoms with Gasteiger partial charge in [-0.15, -0.1) is 6.58 Å². The lowest BCUT2D eigenvalue weighted by Crippen LogP contribution is -2.30. The number of anilines is 1. The lowest BCUT2D eigenvalue weighted by molar-refractivity contribution is 0.0983. The van der Waals surface area contributed by atoms with Gasteiger partial charge < -0.3 is 5.11 Å². The summed E-state index contributed by atoms with van der Waals surface area (Å²) in [4.78, 5) is 31.6. The average molecular weight is 368 g/mol. The van der Waals surface area contributed by atoms with Crippen molar-refractivity contribution in [1.82, 2.24) is 9.97 Å². The summed E-state index contributed by atoms with van der Waals surface area (Å²) < 4.78 is 28.6. The molecule has 6 nitrogen and oxygen atoms in total. The van der Waals surface area contributed by atoms with Crippen molar-refractivity contribution in [2.45, 2.75) is 6.42 Å². The number of carbonyl (C=O) groups is 2. The Balaban J connectivity index is 2.43. The second-order valence-electron chi connectivity index (χ2n) is 4.85. The minimum Gasteiger partial charge on any atom is -0.465 e. The summed E-state index contributed by atoms with van der Waals surface area (Å²) >= 11 is 5.61. The highest BCUT2D eigenvalue weighted by Gasteiger charge is 2.25. The Morgan fingerprint density at radius 1 is 1.32 bits per heavy atom. The first kappa shape index (κ1) is 18.5. The van der Waals surface area contributed by atoms with Gasteiger partial charge in [0, 0.05) is 12.7 Å². The molecule has 0 fully saturated rings. The topological polar surface area (TPSA) is 83.4 Å². The van der Waals surface area contributed by atoms with E-state index in [9.17, 15) is 18.4 Å². The predicted octanol–water partition coefficient (Wildman–Crippen LogP) is 3.50. The first-order valence-corrected chi connectivity index (χ1v) is 7.33. The van der Waals surface area contributed by atoms with Gasteiger partial charge in [-0.05, 0) is 29.8 Å². The Bertz CT molecular complexity index is 845. The highest BCUT2D eigenvalue weighted by Crippen LogP contribution is 2.26. The number of ketones is 1. The molecule has 0 saturated heterocycles. The molecule has 0 aliphatic carbocycles. The van der Waals surface area contributed by atoms with Crippen LogP contribution in [0.15, 0.2) is 37.1 Å². The first-order chi connectivity index (χ1) is 11.8. The summed E-state index contributed by atoms with van der Waals surface area (Å²) in [6, 6.07) is 3.16. The van der Waals surface area contributed by atoms with Crippen molar-refractivity contribution >= 4 is 29.2 Å². The molecule has 1 amide bonds. The third-order valence-electron chi connectivity index (χ3n) is 3.21. The van der Waals surface area contributed by atoms with Gasteiger partial charge >= 0.3 is 6.09 Å². The number of benzene rings is 1. The minimum absolute atomic E-state index is 0.108. The van der Waals surface area contributed by atoms with Crippen LogP contribution in [0.3, 0.4) is 0 Å². The number of aromatic nitrogens is 2. The van der Waals surface area contributed by atoms with Gasteiger partial charge in [0.25, 0.3) is 0 Å². The Morgan fingerprint density at radius 3 is 2.64 bits per heavy atom. The third-order valence-corrected chi connectivity index (χ3v) is 3.39. The number of carboxylic acid groups (broad SMARTS) is 1. The third kappa shape index (κ3) is 4.16. The lowest BCUT2D eigenvalue weighted by atomic mass is 10.0. The molecule has 0 spiro atoms. The number of nitrogens with zero attached hydrogens (tertiary/aromatic N) is 3. The maximum atomic E-state index is 14.6. The zero-order chi connectivity index (χ0) is 18.6. The molecular weight excluding hydrogens is 356 g/mol. The van der Waals surface area contributed by atoms with Gasteiger partial charge in [0.2, 0.25) is 5.28 Å². The van der Waals surface area contributed by atoms with Gasteiger partial charge in [0.1, 0.15) is 5.82 Å². The Morgan fingerprint density at radius 2 is 2.04 bits per heavy atom. The van der Waals surface area contributed by atoms with Gasteiger partial charge in [0.05, 0.1) is 23.4 Å². The lowest BCUT2D eigenvalue weighted by Gasteiger charge is -2.19. The van der Waals surface area contributed by atoms with Crippen molar-refractivity contribution in [3.8, 4) is 0 Å². The number of amides is 1. The van der Waals surface area contributed by atoms with Gasteiger partial charge in [-0.25, -0.2) is 23.5 Å². The molecule has 2 aromatic rings. The molecule has 2 rings (SSSR count). The molecular formula is C16H12ClF2N3O3. The van der Waals surface area contributed by atoms with Crippen LogP contribution in [-0.4, -0.2) is 33.5 Å². The zero-order valence-electron chi connectivity index (χ0n) is 12.7. The molecule has 1 aromatic heterocycles. The van der Waals surface area contributed by atoms with Crippen LogP contribution < -0.4 is 4.90 Å². The molecule has 0 bridgehead atoms. The van der Waals surface area contributed by atoms with E-state index in [1.807, 2.05) is 0 Å². The molecule has 25 heavy (non-hydrogen) atoms. The van der Waals surface area contributed by atoms with Crippen LogP contribution in [0.25, 0.3) is 0 Å². The van der Waals surface area contributed by atoms with Crippen LogP contribution in [-0.2, 0) is 6.42 Å². The van der Waals surface area contributed by atoms with Crippen molar-refractivity contribution in [2.75, 3.05) is 11.4 Å². The van der Waals surface area contributed by atoms with Crippen molar-refractivity contribution in [1.29, 1.82) is 0 Å². The van der Waals surface area contributed by atoms with E-state index >= 15 is 0 Å². The molecule has 0 atom stereocenters. The molecule has 0 unspecified atom stereocenters. The summed E-state index contributed by atoms with van der Waals surface area (Å²) in [5.41, 5.74) is -1.11. The van der Waals surface area contributed by atoms with Gasteiger partial charge in [-0.2, -0.15) is 0 Å². The molecule has 130 valence electrons. The Hall–Kier alpha value is -2.87. The van der Waals surface area contributed by atoms with Crippen LogP contribution in [0.4, 0.5) is 19.3 Å². The minimum atomic E-state index is -1.47. The van der Waals surface area contributed by atoms with Crippen LogP contribution in [0.2, 0.25) is 5.28 Å². The van der Waals surface area contributed by atoms with E-state index in [1.54, 1.807) is 0 Å². The molecule has 0 aliphatic rings. The molecule has 1 aromatic carbocycles. The van der Waals surface area contributed by atoms with Crippen LogP contribution >= 0.6 is 11.6 Å². The van der Waals surface area contributed by atoms with Gasteiger partial charge in [-0.3, -0.25) is 9.69 Å². The number of Topliss-reactive ketones (excluding diaryl/α,β-unsaturated/α-hetero) is 1. The fraction of sp³-hybridized carbons (Fsp3) is 0.125. The molecule has 1 N–H and O–H groups in total. The normalized spacial score (nSPS) is 10.4. The quantitative estimate of drug-likeness (QED) is 0.480. The number of hydrogen-bond acceptors (Lipinski definition) is 4. The Kier molecular flexibility index (Phi) is 5.76. The average Bonchev–Trinajstić information content (AvgIpc) is 2.53. The number of carbonyl (C=O) groups excluding carboxylic acids is 1. The zero-order valence-corrected chi connectivity index (χ0v) is 13.5. The Labute approximate surface area is 146 Å². The van der Waals surface area contributed by atoms with Crippen LogP contribution in [0.1, 0.15) is 16.1 Å². The maximum Gasteiger partial charge on any atom is 0.412 e. The van der Waals surface area contributed by atoms with Crippen molar-refractivity contribution in [3.63, 3.8) is 0 Å². The molecule has 0 aliphatic heterocycles. The molecule has 9 heteroatoms. The summed E-state index contributed by atoms with van der Waals surface area (Å²) in [6.45, 7) is 3.15. The van der Waals surface area contributed by atoms with Crippen molar-refractivity contribution in [2.24, 2.45) is 0 Å². The molecule has 0 saturated carbocycles. The van der Waals surface area contributed by atoms with Crippen LogP contribution in [0, 0.1) is 11.6 Å². The molecule has 1 heterocycles. The SMILES string of the molecule is C=CCN(C(=O)O)c1ccc(F)c(C(=O)Cc2ccnc(Cl)n2)c1F. The number of halogens is 3. The predicted molar refractivity (Wildman–Crippen MR) is 87.0 cm³/mol. The van der Waals surface area contributed by atoms with E-state index in [0.29, 0.717) is 4.90 Å². The van der Waals surface area contributed by atoms with E-state index in [2.05, 4.69) is 16.5 Å². The maximum absolute atomic E-state index is 14.6. The standard InChI is InChI=1S/C16H12ClF2N3O3/c1-2-7-22(16(24)25)11-4-3-10(18)13(14(11)19)12(23)8-9-5-6-20-15(17)21-9/h2-6H,1,7-8H2,(H,24,25). The monoisotopic (exact) mass is 367 g/mol. The van der Waals surface area contributed by atoms with E-state index in [4.69, 9.17) is 16.7 Å². The highest BCUT2D eigenvalue weighted by molar-refractivity contribution is 6.28. The van der Waals surface area contributed by atoms with Crippen molar-refractivity contribution < 1.29 is 23.5 Å². The second-order valence-corrected chi connectivity index (χ2v) is 5.19. The summed E-state index contributed by atoms with van der Waals surface area (Å²) in [5.74, 6) is -3.28. The number of rotatable bonds is 6.